The molecule has 8 heteroatoms. The summed E-state index contributed by atoms with van der Waals surface area (Å²) < 4.78 is 5.45. The molecule has 1 saturated carbocycles. The normalized spacial score (nSPS) is 27.0. The Morgan fingerprint density at radius 3 is 2.75 bits per heavy atom. The lowest BCUT2D eigenvalue weighted by atomic mass is 9.85. The molecule has 1 aromatic rings. The van der Waals surface area contributed by atoms with Gasteiger partial charge in [-0.25, -0.2) is 4.79 Å². The maximum Gasteiger partial charge on any atom is 0.417 e. The largest absolute Gasteiger partial charge is 0.417 e. The Hall–Kier alpha value is -1.25. The minimum absolute atomic E-state index is 0.252. The van der Waals surface area contributed by atoms with Gasteiger partial charge in [0.15, 0.2) is 0 Å². The standard InChI is InChI=1S/C16H25N5O2S/c22-16(23-15-19-18-11-24-15)21-9-8-20(13-2-1-3-13)10-14(21)12-4-6-17-7-5-12/h11-14,17H,1-10H2. The van der Waals surface area contributed by atoms with Gasteiger partial charge in [0, 0.05) is 25.7 Å². The average molecular weight is 351 g/mol. The fourth-order valence-corrected chi connectivity index (χ4v) is 4.51. The topological polar surface area (TPSA) is 70.6 Å². The van der Waals surface area contributed by atoms with E-state index in [2.05, 4.69) is 20.4 Å². The van der Waals surface area contributed by atoms with Crippen molar-refractivity contribution in [2.45, 2.75) is 44.2 Å². The highest BCUT2D eigenvalue weighted by Crippen LogP contribution is 2.31. The zero-order valence-electron chi connectivity index (χ0n) is 13.9. The van der Waals surface area contributed by atoms with Crippen LogP contribution in [0.5, 0.6) is 5.19 Å². The molecule has 4 rings (SSSR count). The molecule has 132 valence electrons. The number of piperazine rings is 1. The highest BCUT2D eigenvalue weighted by atomic mass is 32.1. The van der Waals surface area contributed by atoms with E-state index < -0.39 is 0 Å². The summed E-state index contributed by atoms with van der Waals surface area (Å²) in [5.74, 6) is 0.552. The number of hydrogen-bond acceptors (Lipinski definition) is 7. The molecule has 3 fully saturated rings. The van der Waals surface area contributed by atoms with Gasteiger partial charge in [-0.05, 0) is 44.7 Å². The zero-order chi connectivity index (χ0) is 16.4. The van der Waals surface area contributed by atoms with Gasteiger partial charge in [-0.1, -0.05) is 22.9 Å². The van der Waals surface area contributed by atoms with E-state index in [1.54, 1.807) is 5.51 Å². The lowest BCUT2D eigenvalue weighted by molar-refractivity contribution is 0.00472. The van der Waals surface area contributed by atoms with E-state index in [1.807, 2.05) is 4.90 Å². The lowest BCUT2D eigenvalue weighted by Crippen LogP contribution is -2.62. The van der Waals surface area contributed by atoms with E-state index in [4.69, 9.17) is 4.74 Å². The number of piperidine rings is 1. The van der Waals surface area contributed by atoms with Crippen LogP contribution in [0.2, 0.25) is 0 Å². The van der Waals surface area contributed by atoms with Crippen molar-refractivity contribution >= 4 is 17.4 Å². The molecule has 2 saturated heterocycles. The van der Waals surface area contributed by atoms with Gasteiger partial charge in [0.25, 0.3) is 0 Å². The molecule has 1 aliphatic carbocycles. The SMILES string of the molecule is O=C(Oc1nncs1)N1CCN(C2CCC2)CC1C1CCNCC1. The molecule has 1 amide bonds. The Morgan fingerprint density at radius 2 is 2.08 bits per heavy atom. The van der Waals surface area contributed by atoms with Gasteiger partial charge in [0.2, 0.25) is 0 Å². The van der Waals surface area contributed by atoms with Crippen molar-refractivity contribution in [2.75, 3.05) is 32.7 Å². The fourth-order valence-electron chi connectivity index (χ4n) is 4.12. The minimum atomic E-state index is -0.261. The molecule has 2 aliphatic heterocycles. The molecular weight excluding hydrogens is 326 g/mol. The number of aromatic nitrogens is 2. The Bertz CT molecular complexity index is 545. The zero-order valence-corrected chi connectivity index (χ0v) is 14.7. The van der Waals surface area contributed by atoms with Crippen molar-refractivity contribution in [1.82, 2.24) is 25.3 Å². The smallest absolute Gasteiger partial charge is 0.380 e. The molecular formula is C16H25N5O2S. The molecule has 0 radical (unpaired) electrons. The number of nitrogens with one attached hydrogen (secondary N) is 1. The molecule has 1 atom stereocenters. The number of carbonyl (C=O) groups excluding carboxylic acids is 1. The Balaban J connectivity index is 1.46. The summed E-state index contributed by atoms with van der Waals surface area (Å²) in [6.45, 7) is 4.79. The summed E-state index contributed by atoms with van der Waals surface area (Å²) in [7, 11) is 0. The number of carbonyl (C=O) groups is 1. The second kappa shape index (κ2) is 7.33. The first-order valence-corrected chi connectivity index (χ1v) is 9.88. The number of amides is 1. The van der Waals surface area contributed by atoms with Crippen molar-refractivity contribution in [3.05, 3.63) is 5.51 Å². The molecule has 1 aromatic heterocycles. The van der Waals surface area contributed by atoms with Crippen LogP contribution in [0.4, 0.5) is 4.79 Å². The summed E-state index contributed by atoms with van der Waals surface area (Å²) in [5, 5.41) is 11.3. The number of nitrogens with zero attached hydrogens (tertiary/aromatic N) is 4. The predicted octanol–water partition coefficient (Wildman–Crippen LogP) is 1.58. The van der Waals surface area contributed by atoms with Crippen LogP contribution < -0.4 is 10.1 Å². The Kier molecular flexibility index (Phi) is 4.96. The minimum Gasteiger partial charge on any atom is -0.380 e. The van der Waals surface area contributed by atoms with Crippen molar-refractivity contribution in [2.24, 2.45) is 5.92 Å². The lowest BCUT2D eigenvalue weighted by Gasteiger charge is -2.49. The van der Waals surface area contributed by atoms with Crippen molar-refractivity contribution in [3.63, 3.8) is 0 Å². The predicted molar refractivity (Wildman–Crippen MR) is 91.2 cm³/mol. The number of rotatable bonds is 3. The maximum absolute atomic E-state index is 12.7. The van der Waals surface area contributed by atoms with Gasteiger partial charge in [0.1, 0.15) is 5.51 Å². The first-order chi connectivity index (χ1) is 11.8. The number of hydrogen-bond donors (Lipinski definition) is 1. The molecule has 0 aromatic carbocycles. The van der Waals surface area contributed by atoms with Crippen LogP contribution >= 0.6 is 11.3 Å². The first-order valence-electron chi connectivity index (χ1n) is 9.00. The molecule has 3 aliphatic rings. The highest BCUT2D eigenvalue weighted by Gasteiger charge is 2.40. The monoisotopic (exact) mass is 351 g/mol. The Morgan fingerprint density at radius 1 is 1.25 bits per heavy atom. The van der Waals surface area contributed by atoms with Gasteiger partial charge in [-0.15, -0.1) is 5.10 Å². The summed E-state index contributed by atoms with van der Waals surface area (Å²) in [6, 6.07) is 0.984. The summed E-state index contributed by atoms with van der Waals surface area (Å²) in [6.07, 6.45) is 5.98. The molecule has 0 spiro atoms. The van der Waals surface area contributed by atoms with Crippen LogP contribution in [0.25, 0.3) is 0 Å². The average Bonchev–Trinajstić information content (AvgIpc) is 3.07. The van der Waals surface area contributed by atoms with E-state index in [-0.39, 0.29) is 12.1 Å². The van der Waals surface area contributed by atoms with Crippen LogP contribution in [0.15, 0.2) is 5.51 Å². The van der Waals surface area contributed by atoms with Crippen molar-refractivity contribution in [3.8, 4) is 5.19 Å². The van der Waals surface area contributed by atoms with Crippen LogP contribution in [0.1, 0.15) is 32.1 Å². The van der Waals surface area contributed by atoms with Gasteiger partial charge in [-0.2, -0.15) is 0 Å². The fraction of sp³-hybridized carbons (Fsp3) is 0.812. The highest BCUT2D eigenvalue weighted by molar-refractivity contribution is 7.11. The van der Waals surface area contributed by atoms with Crippen LogP contribution in [0.3, 0.4) is 0 Å². The second-order valence-electron chi connectivity index (χ2n) is 7.00. The number of ether oxygens (including phenoxy) is 1. The van der Waals surface area contributed by atoms with Gasteiger partial charge < -0.3 is 15.0 Å². The third-order valence-electron chi connectivity index (χ3n) is 5.72. The van der Waals surface area contributed by atoms with E-state index in [1.165, 1.54) is 30.6 Å². The third-order valence-corrected chi connectivity index (χ3v) is 6.28. The summed E-state index contributed by atoms with van der Waals surface area (Å²) in [4.78, 5) is 17.2. The Labute approximate surface area is 146 Å². The van der Waals surface area contributed by atoms with E-state index in [0.717, 1.165) is 51.6 Å². The molecule has 24 heavy (non-hydrogen) atoms. The quantitative estimate of drug-likeness (QED) is 0.891. The van der Waals surface area contributed by atoms with Crippen molar-refractivity contribution in [1.29, 1.82) is 0 Å². The van der Waals surface area contributed by atoms with Gasteiger partial charge in [0.05, 0.1) is 6.04 Å². The molecule has 7 nitrogen and oxygen atoms in total. The third kappa shape index (κ3) is 3.41. The molecule has 3 heterocycles. The van der Waals surface area contributed by atoms with E-state index >= 15 is 0 Å². The van der Waals surface area contributed by atoms with Crippen LogP contribution in [0, 0.1) is 5.92 Å². The van der Waals surface area contributed by atoms with Gasteiger partial charge in [-0.3, -0.25) is 4.90 Å². The second-order valence-corrected chi connectivity index (χ2v) is 7.80. The first kappa shape index (κ1) is 16.2. The summed E-state index contributed by atoms with van der Waals surface area (Å²) in [5.41, 5.74) is 1.58. The van der Waals surface area contributed by atoms with Crippen molar-refractivity contribution < 1.29 is 9.53 Å². The molecule has 1 unspecified atom stereocenters. The van der Waals surface area contributed by atoms with Gasteiger partial charge >= 0.3 is 11.3 Å². The van der Waals surface area contributed by atoms with Crippen LogP contribution in [-0.4, -0.2) is 70.9 Å². The van der Waals surface area contributed by atoms with E-state index in [9.17, 15) is 4.79 Å². The maximum atomic E-state index is 12.7. The molecule has 1 N–H and O–H groups in total. The van der Waals surface area contributed by atoms with E-state index in [0.29, 0.717) is 11.1 Å². The molecule has 0 bridgehead atoms. The van der Waals surface area contributed by atoms with Crippen LogP contribution in [-0.2, 0) is 0 Å². The summed E-state index contributed by atoms with van der Waals surface area (Å²) >= 11 is 1.26.